The smallest absolute Gasteiger partial charge is 0.254 e. The van der Waals surface area contributed by atoms with Crippen molar-refractivity contribution in [1.82, 2.24) is 10.2 Å². The van der Waals surface area contributed by atoms with Gasteiger partial charge in [-0.1, -0.05) is 22.0 Å². The number of rotatable bonds is 6. The van der Waals surface area contributed by atoms with Crippen molar-refractivity contribution in [2.24, 2.45) is 0 Å². The quantitative estimate of drug-likeness (QED) is 0.596. The van der Waals surface area contributed by atoms with Gasteiger partial charge in [0.05, 0.1) is 7.11 Å². The van der Waals surface area contributed by atoms with Crippen molar-refractivity contribution in [3.8, 4) is 23.0 Å². The fraction of sp³-hybridized carbons (Fsp3) is 0.118. The van der Waals surface area contributed by atoms with Crippen LogP contribution in [0.4, 0.5) is 0 Å². The number of methoxy groups -OCH3 is 1. The van der Waals surface area contributed by atoms with Gasteiger partial charge in [0.2, 0.25) is 5.89 Å². The van der Waals surface area contributed by atoms with E-state index in [1.165, 1.54) is 7.11 Å². The van der Waals surface area contributed by atoms with Crippen LogP contribution in [0, 0.1) is 0 Å². The summed E-state index contributed by atoms with van der Waals surface area (Å²) in [5.41, 5.74) is 1.32. The lowest BCUT2D eigenvalue weighted by Crippen LogP contribution is -1.98. The van der Waals surface area contributed by atoms with Crippen molar-refractivity contribution >= 4 is 22.2 Å². The summed E-state index contributed by atoms with van der Waals surface area (Å²) in [7, 11) is 1.51. The van der Waals surface area contributed by atoms with Crippen molar-refractivity contribution in [3.05, 3.63) is 58.4 Å². The minimum atomic E-state index is 0.0950. The lowest BCUT2D eigenvalue weighted by Gasteiger charge is -2.09. The van der Waals surface area contributed by atoms with Gasteiger partial charge in [-0.15, -0.1) is 10.2 Å². The summed E-state index contributed by atoms with van der Waals surface area (Å²) in [5.74, 6) is 1.71. The Kier molecular flexibility index (Phi) is 4.90. The molecule has 0 saturated heterocycles. The van der Waals surface area contributed by atoms with E-state index < -0.39 is 0 Å². The standard InChI is InChI=1S/C17H13BrN2O4/c1-22-15-7-11(9-21)5-6-14(15)23-10-16-19-20-17(24-16)12-3-2-4-13(18)8-12/h2-9H,10H2,1H3. The molecule has 0 unspecified atom stereocenters. The lowest BCUT2D eigenvalue weighted by molar-refractivity contribution is 0.112. The van der Waals surface area contributed by atoms with E-state index in [0.717, 1.165) is 16.3 Å². The third kappa shape index (κ3) is 3.62. The van der Waals surface area contributed by atoms with E-state index in [2.05, 4.69) is 26.1 Å². The van der Waals surface area contributed by atoms with Crippen molar-refractivity contribution < 1.29 is 18.7 Å². The zero-order valence-electron chi connectivity index (χ0n) is 12.7. The maximum Gasteiger partial charge on any atom is 0.254 e. The molecule has 3 rings (SSSR count). The van der Waals surface area contributed by atoms with E-state index >= 15 is 0 Å². The molecule has 0 fully saturated rings. The molecule has 0 N–H and O–H groups in total. The molecular weight excluding hydrogens is 376 g/mol. The Morgan fingerprint density at radius 2 is 2.04 bits per heavy atom. The third-order valence-corrected chi connectivity index (χ3v) is 3.71. The molecule has 0 amide bonds. The van der Waals surface area contributed by atoms with E-state index in [4.69, 9.17) is 13.9 Å². The molecule has 1 aromatic heterocycles. The van der Waals surface area contributed by atoms with Gasteiger partial charge in [-0.2, -0.15) is 0 Å². The van der Waals surface area contributed by atoms with E-state index in [-0.39, 0.29) is 6.61 Å². The maximum atomic E-state index is 10.8. The van der Waals surface area contributed by atoms with Crippen molar-refractivity contribution in [1.29, 1.82) is 0 Å². The first kappa shape index (κ1) is 16.2. The van der Waals surface area contributed by atoms with Crippen LogP contribution in [0.2, 0.25) is 0 Å². The number of hydrogen-bond acceptors (Lipinski definition) is 6. The van der Waals surface area contributed by atoms with E-state index in [9.17, 15) is 4.79 Å². The van der Waals surface area contributed by atoms with Crippen LogP contribution in [0.5, 0.6) is 11.5 Å². The minimum Gasteiger partial charge on any atom is -0.493 e. The predicted molar refractivity (Wildman–Crippen MR) is 90.1 cm³/mol. The molecule has 0 spiro atoms. The fourth-order valence-corrected chi connectivity index (χ4v) is 2.47. The van der Waals surface area contributed by atoms with Gasteiger partial charge in [0.25, 0.3) is 5.89 Å². The van der Waals surface area contributed by atoms with Gasteiger partial charge in [-0.05, 0) is 36.4 Å². The molecular formula is C17H13BrN2O4. The van der Waals surface area contributed by atoms with Gasteiger partial charge in [-0.3, -0.25) is 4.79 Å². The molecule has 1 heterocycles. The second-order valence-electron chi connectivity index (χ2n) is 4.83. The number of carbonyl (C=O) groups excluding carboxylic acids is 1. The molecule has 3 aromatic rings. The molecule has 0 bridgehead atoms. The highest BCUT2D eigenvalue weighted by Crippen LogP contribution is 2.28. The summed E-state index contributed by atoms with van der Waals surface area (Å²) in [6, 6.07) is 12.5. The lowest BCUT2D eigenvalue weighted by atomic mass is 10.2. The van der Waals surface area contributed by atoms with Crippen molar-refractivity contribution in [2.75, 3.05) is 7.11 Å². The third-order valence-electron chi connectivity index (χ3n) is 3.21. The molecule has 7 heteroatoms. The van der Waals surface area contributed by atoms with Crippen LogP contribution >= 0.6 is 15.9 Å². The van der Waals surface area contributed by atoms with Crippen LogP contribution in [0.3, 0.4) is 0 Å². The second-order valence-corrected chi connectivity index (χ2v) is 5.74. The Hall–Kier alpha value is -2.67. The first-order chi connectivity index (χ1) is 11.7. The van der Waals surface area contributed by atoms with Crippen LogP contribution in [-0.2, 0) is 6.61 Å². The molecule has 6 nitrogen and oxygen atoms in total. The zero-order chi connectivity index (χ0) is 16.9. The number of halogens is 1. The average Bonchev–Trinajstić information content (AvgIpc) is 3.09. The largest absolute Gasteiger partial charge is 0.493 e. The molecule has 24 heavy (non-hydrogen) atoms. The number of ether oxygens (including phenoxy) is 2. The van der Waals surface area contributed by atoms with Gasteiger partial charge in [0, 0.05) is 15.6 Å². The molecule has 122 valence electrons. The highest BCUT2D eigenvalue weighted by Gasteiger charge is 2.11. The highest BCUT2D eigenvalue weighted by molar-refractivity contribution is 9.10. The molecule has 0 aliphatic carbocycles. The van der Waals surface area contributed by atoms with Crippen molar-refractivity contribution in [2.45, 2.75) is 6.61 Å². The van der Waals surface area contributed by atoms with E-state index in [0.29, 0.717) is 28.8 Å². The summed E-state index contributed by atoms with van der Waals surface area (Å²) in [6.45, 7) is 0.0950. The summed E-state index contributed by atoms with van der Waals surface area (Å²) in [6.07, 6.45) is 0.745. The Labute approximate surface area is 146 Å². The second kappa shape index (κ2) is 7.27. The topological polar surface area (TPSA) is 74.5 Å². The summed E-state index contributed by atoms with van der Waals surface area (Å²) < 4.78 is 17.4. The van der Waals surface area contributed by atoms with Crippen molar-refractivity contribution in [3.63, 3.8) is 0 Å². The average molecular weight is 389 g/mol. The Bertz CT molecular complexity index is 863. The number of nitrogens with zero attached hydrogens (tertiary/aromatic N) is 2. The van der Waals surface area contributed by atoms with Gasteiger partial charge >= 0.3 is 0 Å². The van der Waals surface area contributed by atoms with Gasteiger partial charge < -0.3 is 13.9 Å². The number of aromatic nitrogens is 2. The SMILES string of the molecule is COc1cc(C=O)ccc1OCc1nnc(-c2cccc(Br)c2)o1. The van der Waals surface area contributed by atoms with Crippen LogP contribution in [0.15, 0.2) is 51.4 Å². The van der Waals surface area contributed by atoms with Crippen LogP contribution in [0.1, 0.15) is 16.2 Å². The van der Waals surface area contributed by atoms with E-state index in [1.54, 1.807) is 18.2 Å². The van der Waals surface area contributed by atoms with Crippen LogP contribution in [0.25, 0.3) is 11.5 Å². The summed E-state index contributed by atoms with van der Waals surface area (Å²) in [5, 5.41) is 7.99. The first-order valence-corrected chi connectivity index (χ1v) is 7.83. The van der Waals surface area contributed by atoms with E-state index in [1.807, 2.05) is 24.3 Å². The van der Waals surface area contributed by atoms with Gasteiger partial charge in [0.15, 0.2) is 18.1 Å². The predicted octanol–water partition coefficient (Wildman–Crippen LogP) is 3.90. The van der Waals surface area contributed by atoms with Crippen LogP contribution in [-0.4, -0.2) is 23.6 Å². The fourth-order valence-electron chi connectivity index (χ4n) is 2.07. The Morgan fingerprint density at radius 1 is 1.17 bits per heavy atom. The number of carbonyl (C=O) groups is 1. The minimum absolute atomic E-state index is 0.0950. The normalized spacial score (nSPS) is 10.4. The van der Waals surface area contributed by atoms with Gasteiger partial charge in [0.1, 0.15) is 6.29 Å². The Balaban J connectivity index is 1.73. The number of aldehydes is 1. The number of hydrogen-bond donors (Lipinski definition) is 0. The Morgan fingerprint density at radius 3 is 2.79 bits per heavy atom. The maximum absolute atomic E-state index is 10.8. The first-order valence-electron chi connectivity index (χ1n) is 7.04. The zero-order valence-corrected chi connectivity index (χ0v) is 14.3. The highest BCUT2D eigenvalue weighted by atomic mass is 79.9. The molecule has 0 atom stereocenters. The molecule has 0 saturated carbocycles. The monoisotopic (exact) mass is 388 g/mol. The molecule has 0 aliphatic heterocycles. The van der Waals surface area contributed by atoms with Gasteiger partial charge in [-0.25, -0.2) is 0 Å². The summed E-state index contributed by atoms with van der Waals surface area (Å²) in [4.78, 5) is 10.8. The molecule has 0 aliphatic rings. The molecule has 0 radical (unpaired) electrons. The molecule has 2 aromatic carbocycles. The summed E-state index contributed by atoms with van der Waals surface area (Å²) >= 11 is 3.40. The number of benzene rings is 2. The van der Waals surface area contributed by atoms with Crippen LogP contribution < -0.4 is 9.47 Å².